The Bertz CT molecular complexity index is 1210. The number of sulfonamides is 1. The zero-order valence-corrected chi connectivity index (χ0v) is 18.3. The van der Waals surface area contributed by atoms with Crippen molar-refractivity contribution in [2.24, 2.45) is 0 Å². The van der Waals surface area contributed by atoms with Gasteiger partial charge in [-0.25, -0.2) is 8.42 Å². The number of carbonyl (C=O) groups is 1. The van der Waals surface area contributed by atoms with Gasteiger partial charge in [0.05, 0.1) is 22.7 Å². The molecule has 0 aromatic heterocycles. The van der Waals surface area contributed by atoms with Gasteiger partial charge < -0.3 is 9.84 Å². The zero-order chi connectivity index (χ0) is 23.8. The molecule has 1 aliphatic carbocycles. The van der Waals surface area contributed by atoms with Crippen molar-refractivity contribution in [3.05, 3.63) is 59.7 Å². The van der Waals surface area contributed by atoms with Crippen molar-refractivity contribution in [1.82, 2.24) is 0 Å². The summed E-state index contributed by atoms with van der Waals surface area (Å²) < 4.78 is 73.6. The largest absolute Gasteiger partial charge is 0.486 e. The molecule has 0 fully saturated rings. The molecule has 1 heterocycles. The number of alkyl halides is 3. The van der Waals surface area contributed by atoms with Crippen LogP contribution in [0.1, 0.15) is 43.2 Å². The third-order valence-electron chi connectivity index (χ3n) is 5.73. The van der Waals surface area contributed by atoms with Gasteiger partial charge in [-0.1, -0.05) is 18.2 Å². The lowest BCUT2D eigenvalue weighted by molar-refractivity contribution is -0.138. The summed E-state index contributed by atoms with van der Waals surface area (Å²) in [5.41, 5.74) is 1.05. The molecule has 0 radical (unpaired) electrons. The molecule has 2 aromatic carbocycles. The van der Waals surface area contributed by atoms with Crippen LogP contribution in [0.15, 0.2) is 53.4 Å². The molecule has 1 atom stereocenters. The van der Waals surface area contributed by atoms with E-state index in [4.69, 9.17) is 9.84 Å². The molecule has 0 saturated carbocycles. The second-order valence-electron chi connectivity index (χ2n) is 8.04. The van der Waals surface area contributed by atoms with Gasteiger partial charge in [-0.3, -0.25) is 9.10 Å². The van der Waals surface area contributed by atoms with Crippen molar-refractivity contribution in [3.63, 3.8) is 0 Å². The third-order valence-corrected chi connectivity index (χ3v) is 7.51. The number of benzene rings is 2. The Morgan fingerprint density at radius 1 is 1.18 bits per heavy atom. The van der Waals surface area contributed by atoms with Crippen molar-refractivity contribution in [1.29, 1.82) is 0 Å². The molecular weight excluding hydrogens is 459 g/mol. The lowest BCUT2D eigenvalue weighted by Crippen LogP contribution is -2.43. The molecule has 6 nitrogen and oxygen atoms in total. The van der Waals surface area contributed by atoms with Crippen LogP contribution in [0.3, 0.4) is 0 Å². The second-order valence-corrected chi connectivity index (χ2v) is 9.90. The monoisotopic (exact) mass is 481 g/mol. The third kappa shape index (κ3) is 4.85. The molecule has 0 spiro atoms. The van der Waals surface area contributed by atoms with Crippen molar-refractivity contribution >= 4 is 27.3 Å². The van der Waals surface area contributed by atoms with Crippen LogP contribution in [0.2, 0.25) is 0 Å². The highest BCUT2D eigenvalue weighted by Gasteiger charge is 2.37. The molecule has 4 rings (SSSR count). The summed E-state index contributed by atoms with van der Waals surface area (Å²) in [7, 11) is -4.38. The smallest absolute Gasteiger partial charge is 0.416 e. The number of nitrogens with zero attached hydrogens (tertiary/aromatic N) is 1. The van der Waals surface area contributed by atoms with E-state index >= 15 is 0 Å². The van der Waals surface area contributed by atoms with Crippen molar-refractivity contribution in [2.75, 3.05) is 10.8 Å². The van der Waals surface area contributed by atoms with Crippen LogP contribution < -0.4 is 9.04 Å². The minimum atomic E-state index is -4.69. The number of carboxylic acids is 1. The number of aliphatic carboxylic acids is 1. The summed E-state index contributed by atoms with van der Waals surface area (Å²) in [6.07, 6.45) is -0.794. The average molecular weight is 481 g/mol. The van der Waals surface area contributed by atoms with Gasteiger partial charge in [0.1, 0.15) is 11.9 Å². The molecule has 10 heteroatoms. The number of halogens is 3. The van der Waals surface area contributed by atoms with Gasteiger partial charge >= 0.3 is 12.1 Å². The molecule has 0 bridgehead atoms. The van der Waals surface area contributed by atoms with Crippen LogP contribution in [-0.4, -0.2) is 32.1 Å². The van der Waals surface area contributed by atoms with E-state index in [1.165, 1.54) is 0 Å². The Morgan fingerprint density at radius 2 is 1.97 bits per heavy atom. The second kappa shape index (κ2) is 8.74. The van der Waals surface area contributed by atoms with E-state index in [9.17, 15) is 26.4 Å². The highest BCUT2D eigenvalue weighted by atomic mass is 32.2. The highest BCUT2D eigenvalue weighted by molar-refractivity contribution is 7.92. The van der Waals surface area contributed by atoms with Crippen molar-refractivity contribution < 1.29 is 36.2 Å². The Balaban J connectivity index is 1.78. The van der Waals surface area contributed by atoms with E-state index in [2.05, 4.69) is 6.08 Å². The summed E-state index contributed by atoms with van der Waals surface area (Å²) in [4.78, 5) is 10.5. The number of carboxylic acid groups (broad SMARTS) is 1. The number of rotatable bonds is 6. The first-order valence-electron chi connectivity index (χ1n) is 10.5. The van der Waals surface area contributed by atoms with Crippen molar-refractivity contribution in [3.8, 4) is 5.75 Å². The number of fused-ring (bicyclic) bond motifs is 1. The summed E-state index contributed by atoms with van der Waals surface area (Å²) in [5, 5.41) is 9.01. The van der Waals surface area contributed by atoms with Crippen LogP contribution in [0, 0.1) is 0 Å². The van der Waals surface area contributed by atoms with Gasteiger partial charge in [-0.05, 0) is 67.2 Å². The molecule has 0 unspecified atom stereocenters. The van der Waals surface area contributed by atoms with Gasteiger partial charge in [-0.2, -0.15) is 13.2 Å². The van der Waals surface area contributed by atoms with E-state index in [0.717, 1.165) is 52.9 Å². The fraction of sp³-hybridized carbons (Fsp3) is 0.348. The molecule has 1 aliphatic heterocycles. The van der Waals surface area contributed by atoms with Gasteiger partial charge in [0.2, 0.25) is 0 Å². The van der Waals surface area contributed by atoms with Gasteiger partial charge in [0.25, 0.3) is 10.0 Å². The maximum Gasteiger partial charge on any atom is 0.416 e. The van der Waals surface area contributed by atoms with E-state index in [1.54, 1.807) is 12.1 Å². The zero-order valence-electron chi connectivity index (χ0n) is 17.5. The molecule has 176 valence electrons. The van der Waals surface area contributed by atoms with Crippen LogP contribution in [0.25, 0.3) is 5.57 Å². The molecule has 0 saturated heterocycles. The van der Waals surface area contributed by atoms with Gasteiger partial charge in [-0.15, -0.1) is 0 Å². The van der Waals surface area contributed by atoms with E-state index in [1.807, 2.05) is 6.07 Å². The number of ether oxygens (including phenoxy) is 1. The predicted molar refractivity (Wildman–Crippen MR) is 116 cm³/mol. The number of anilines is 1. The van der Waals surface area contributed by atoms with Crippen LogP contribution in [0.5, 0.6) is 5.75 Å². The first kappa shape index (κ1) is 23.2. The van der Waals surface area contributed by atoms with E-state index < -0.39 is 38.7 Å². The Labute approximate surface area is 189 Å². The quantitative estimate of drug-likeness (QED) is 0.621. The first-order valence-corrected chi connectivity index (χ1v) is 11.9. The SMILES string of the molecule is O=C(O)CC[C@H]1CN(S(=O)(=O)c2cccc(C(F)(F)F)c2)c2cc(C3=CCCC3)ccc2O1. The molecule has 2 aromatic rings. The Kier molecular flexibility index (Phi) is 6.13. The first-order chi connectivity index (χ1) is 15.6. The lowest BCUT2D eigenvalue weighted by atomic mass is 10.0. The standard InChI is InChI=1S/C23H22F3NO5S/c24-23(25,26)17-6-3-7-19(13-17)33(30,31)27-14-18(9-11-22(28)29)32-21-10-8-16(12-20(21)27)15-4-1-2-5-15/h3-4,6-8,10,12-13,18H,1-2,5,9,11,14H2,(H,28,29)/t18-/m0/s1. The predicted octanol–water partition coefficient (Wildman–Crippen LogP) is 5.09. The summed E-state index contributed by atoms with van der Waals surface area (Å²) in [5.74, 6) is -0.810. The summed E-state index contributed by atoms with van der Waals surface area (Å²) >= 11 is 0. The lowest BCUT2D eigenvalue weighted by Gasteiger charge is -2.36. The van der Waals surface area contributed by atoms with E-state index in [0.29, 0.717) is 6.07 Å². The van der Waals surface area contributed by atoms with Crippen molar-refractivity contribution in [2.45, 2.75) is 49.3 Å². The van der Waals surface area contributed by atoms with Crippen LogP contribution in [0.4, 0.5) is 18.9 Å². The van der Waals surface area contributed by atoms with Crippen LogP contribution in [-0.2, 0) is 21.0 Å². The molecular formula is C23H22F3NO5S. The molecule has 33 heavy (non-hydrogen) atoms. The summed E-state index contributed by atoms with van der Waals surface area (Å²) in [6.45, 7) is -0.207. The Hall–Kier alpha value is -3.01. The fourth-order valence-electron chi connectivity index (χ4n) is 4.07. The number of hydrogen-bond acceptors (Lipinski definition) is 4. The average Bonchev–Trinajstić information content (AvgIpc) is 3.31. The highest BCUT2D eigenvalue weighted by Crippen LogP contribution is 2.41. The minimum Gasteiger partial charge on any atom is -0.486 e. The molecule has 2 aliphatic rings. The summed E-state index contributed by atoms with van der Waals surface area (Å²) in [6, 6.07) is 8.71. The minimum absolute atomic E-state index is 0.0519. The number of hydrogen-bond donors (Lipinski definition) is 1. The van der Waals surface area contributed by atoms with E-state index in [-0.39, 0.29) is 30.8 Å². The maximum absolute atomic E-state index is 13.5. The van der Waals surface area contributed by atoms with Gasteiger partial charge in [0.15, 0.2) is 0 Å². The topological polar surface area (TPSA) is 83.9 Å². The fourth-order valence-corrected chi connectivity index (χ4v) is 5.61. The van der Waals surface area contributed by atoms with Crippen LogP contribution >= 0.6 is 0 Å². The normalized spacial score (nSPS) is 18.5. The molecule has 1 N–H and O–H groups in total. The maximum atomic E-state index is 13.5. The Morgan fingerprint density at radius 3 is 2.64 bits per heavy atom. The van der Waals surface area contributed by atoms with Gasteiger partial charge in [0, 0.05) is 6.42 Å². The molecule has 0 amide bonds. The number of allylic oxidation sites excluding steroid dienone is 2.